The molecule has 102 valence electrons. The Bertz CT molecular complexity index is 512. The molecule has 2 rings (SSSR count). The molecular formula is C10H16N8O. The minimum absolute atomic E-state index is 0.203. The van der Waals surface area contributed by atoms with Crippen molar-refractivity contribution in [3.63, 3.8) is 0 Å². The van der Waals surface area contributed by atoms with E-state index >= 15 is 0 Å². The van der Waals surface area contributed by atoms with Crippen LogP contribution in [0.4, 0.5) is 5.95 Å². The van der Waals surface area contributed by atoms with E-state index in [9.17, 15) is 0 Å². The lowest BCUT2D eigenvalue weighted by atomic mass is 10.1. The number of nitrogens with two attached hydrogens (primary N) is 1. The third-order valence-corrected chi connectivity index (χ3v) is 2.28. The number of hydrazine groups is 1. The van der Waals surface area contributed by atoms with E-state index in [0.29, 0.717) is 18.5 Å². The van der Waals surface area contributed by atoms with Gasteiger partial charge in [-0.2, -0.15) is 24.7 Å². The second-order valence-corrected chi connectivity index (χ2v) is 4.26. The van der Waals surface area contributed by atoms with Crippen LogP contribution in [-0.2, 0) is 0 Å². The molecule has 0 unspecified atom stereocenters. The van der Waals surface area contributed by atoms with Gasteiger partial charge in [0.1, 0.15) is 12.7 Å². The minimum Gasteiger partial charge on any atom is -0.463 e. The first-order valence-corrected chi connectivity index (χ1v) is 5.89. The van der Waals surface area contributed by atoms with Gasteiger partial charge in [-0.3, -0.25) is 5.43 Å². The van der Waals surface area contributed by atoms with Gasteiger partial charge < -0.3 is 4.74 Å². The molecule has 0 aromatic carbocycles. The molecule has 0 aliphatic carbocycles. The van der Waals surface area contributed by atoms with Crippen molar-refractivity contribution in [1.82, 2.24) is 29.7 Å². The van der Waals surface area contributed by atoms with Gasteiger partial charge in [0.25, 0.3) is 5.95 Å². The van der Waals surface area contributed by atoms with Crippen LogP contribution >= 0.6 is 0 Å². The molecule has 2 heterocycles. The maximum absolute atomic E-state index is 5.48. The van der Waals surface area contributed by atoms with E-state index in [1.807, 2.05) is 0 Å². The second-order valence-electron chi connectivity index (χ2n) is 4.26. The molecule has 9 heteroatoms. The Morgan fingerprint density at radius 1 is 1.37 bits per heavy atom. The molecule has 0 bridgehead atoms. The molecule has 0 aliphatic rings. The first kappa shape index (κ1) is 13.1. The SMILES string of the molecule is CC(C)CCOc1nc(NN)nc(-n2cncn2)n1. The second kappa shape index (κ2) is 6.05. The monoisotopic (exact) mass is 264 g/mol. The maximum atomic E-state index is 5.48. The summed E-state index contributed by atoms with van der Waals surface area (Å²) in [5.74, 6) is 6.36. The molecule has 0 fully saturated rings. The minimum atomic E-state index is 0.203. The Kier molecular flexibility index (Phi) is 4.18. The zero-order valence-corrected chi connectivity index (χ0v) is 10.8. The molecule has 3 N–H and O–H groups in total. The van der Waals surface area contributed by atoms with E-state index in [4.69, 9.17) is 10.6 Å². The fourth-order valence-corrected chi connectivity index (χ4v) is 1.27. The van der Waals surface area contributed by atoms with Crippen molar-refractivity contribution in [2.75, 3.05) is 12.0 Å². The lowest BCUT2D eigenvalue weighted by Gasteiger charge is -2.08. The number of hydrogen-bond acceptors (Lipinski definition) is 8. The third-order valence-electron chi connectivity index (χ3n) is 2.28. The smallest absolute Gasteiger partial charge is 0.323 e. The first-order valence-electron chi connectivity index (χ1n) is 5.89. The highest BCUT2D eigenvalue weighted by Crippen LogP contribution is 2.10. The van der Waals surface area contributed by atoms with Crippen molar-refractivity contribution < 1.29 is 4.74 Å². The fraction of sp³-hybridized carbons (Fsp3) is 0.500. The zero-order valence-electron chi connectivity index (χ0n) is 10.8. The number of hydrogen-bond donors (Lipinski definition) is 2. The van der Waals surface area contributed by atoms with Crippen LogP contribution in [0, 0.1) is 5.92 Å². The number of nitrogens with one attached hydrogen (secondary N) is 1. The molecule has 0 spiro atoms. The van der Waals surface area contributed by atoms with Gasteiger partial charge in [-0.05, 0) is 12.3 Å². The van der Waals surface area contributed by atoms with Gasteiger partial charge in [0.15, 0.2) is 0 Å². The van der Waals surface area contributed by atoms with Gasteiger partial charge in [0, 0.05) is 0 Å². The Balaban J connectivity index is 2.16. The Labute approximate surface area is 110 Å². The topological polar surface area (TPSA) is 117 Å². The fourth-order valence-electron chi connectivity index (χ4n) is 1.27. The molecule has 0 aliphatic heterocycles. The van der Waals surface area contributed by atoms with E-state index in [1.165, 1.54) is 17.3 Å². The molecule has 0 atom stereocenters. The van der Waals surface area contributed by atoms with Crippen LogP contribution in [0.15, 0.2) is 12.7 Å². The van der Waals surface area contributed by atoms with Crippen molar-refractivity contribution in [1.29, 1.82) is 0 Å². The van der Waals surface area contributed by atoms with Crippen LogP contribution < -0.4 is 16.0 Å². The van der Waals surface area contributed by atoms with Crippen molar-refractivity contribution in [2.24, 2.45) is 11.8 Å². The van der Waals surface area contributed by atoms with E-state index in [-0.39, 0.29) is 12.0 Å². The number of rotatable bonds is 6. The summed E-state index contributed by atoms with van der Waals surface area (Å²) in [6, 6.07) is 0.203. The Morgan fingerprint density at radius 2 is 2.21 bits per heavy atom. The van der Waals surface area contributed by atoms with E-state index in [0.717, 1.165) is 6.42 Å². The summed E-state index contributed by atoms with van der Waals surface area (Å²) in [6.45, 7) is 4.76. The van der Waals surface area contributed by atoms with Gasteiger partial charge in [0.05, 0.1) is 6.61 Å². The zero-order chi connectivity index (χ0) is 13.7. The highest BCUT2D eigenvalue weighted by molar-refractivity contribution is 5.27. The predicted molar refractivity (Wildman–Crippen MR) is 67.5 cm³/mol. The van der Waals surface area contributed by atoms with Gasteiger partial charge in [-0.25, -0.2) is 10.8 Å². The highest BCUT2D eigenvalue weighted by Gasteiger charge is 2.09. The number of ether oxygens (including phenoxy) is 1. The van der Waals surface area contributed by atoms with Gasteiger partial charge in [-0.15, -0.1) is 0 Å². The van der Waals surface area contributed by atoms with Crippen LogP contribution in [0.1, 0.15) is 20.3 Å². The third kappa shape index (κ3) is 3.58. The number of aromatic nitrogens is 6. The van der Waals surface area contributed by atoms with Gasteiger partial charge in [0.2, 0.25) is 5.95 Å². The molecule has 0 amide bonds. The standard InChI is InChI=1S/C10H16N8O/c1-7(2)3-4-19-10-15-8(17-11)14-9(16-10)18-6-12-5-13-18/h5-7H,3-4,11H2,1-2H3,(H,14,15,16,17). The maximum Gasteiger partial charge on any atom is 0.323 e. The van der Waals surface area contributed by atoms with Crippen LogP contribution in [0.25, 0.3) is 5.95 Å². The van der Waals surface area contributed by atoms with E-state index in [2.05, 4.69) is 44.3 Å². The van der Waals surface area contributed by atoms with Crippen molar-refractivity contribution in [3.05, 3.63) is 12.7 Å². The average molecular weight is 264 g/mol. The lowest BCUT2D eigenvalue weighted by molar-refractivity contribution is 0.267. The summed E-state index contributed by atoms with van der Waals surface area (Å²) in [5, 5.41) is 3.94. The largest absolute Gasteiger partial charge is 0.463 e. The molecule has 9 nitrogen and oxygen atoms in total. The normalized spacial score (nSPS) is 10.7. The average Bonchev–Trinajstić information content (AvgIpc) is 2.92. The molecule has 0 saturated heterocycles. The van der Waals surface area contributed by atoms with Gasteiger partial charge in [-0.1, -0.05) is 13.8 Å². The summed E-state index contributed by atoms with van der Waals surface area (Å²) in [7, 11) is 0. The molecule has 2 aromatic heterocycles. The van der Waals surface area contributed by atoms with Crippen molar-refractivity contribution in [2.45, 2.75) is 20.3 Å². The Morgan fingerprint density at radius 3 is 2.84 bits per heavy atom. The number of nitrogen functional groups attached to an aromatic ring is 1. The summed E-state index contributed by atoms with van der Waals surface area (Å²) < 4.78 is 6.88. The summed E-state index contributed by atoms with van der Waals surface area (Å²) in [6.07, 6.45) is 3.78. The molecule has 2 aromatic rings. The highest BCUT2D eigenvalue weighted by atomic mass is 16.5. The molecule has 0 saturated carbocycles. The molecule has 0 radical (unpaired) electrons. The van der Waals surface area contributed by atoms with Gasteiger partial charge >= 0.3 is 6.01 Å². The van der Waals surface area contributed by atoms with Crippen molar-refractivity contribution in [3.8, 4) is 12.0 Å². The first-order chi connectivity index (χ1) is 9.19. The molecular weight excluding hydrogens is 248 g/mol. The summed E-state index contributed by atoms with van der Waals surface area (Å²) in [5.41, 5.74) is 2.37. The predicted octanol–water partition coefficient (Wildman–Crippen LogP) is 0.163. The number of nitrogens with zero attached hydrogens (tertiary/aromatic N) is 6. The van der Waals surface area contributed by atoms with Crippen LogP contribution in [0.3, 0.4) is 0 Å². The van der Waals surface area contributed by atoms with E-state index < -0.39 is 0 Å². The van der Waals surface area contributed by atoms with Crippen LogP contribution in [0.2, 0.25) is 0 Å². The van der Waals surface area contributed by atoms with E-state index in [1.54, 1.807) is 0 Å². The number of anilines is 1. The quantitative estimate of drug-likeness (QED) is 0.560. The van der Waals surface area contributed by atoms with Crippen LogP contribution in [-0.4, -0.2) is 36.3 Å². The molecule has 19 heavy (non-hydrogen) atoms. The van der Waals surface area contributed by atoms with Crippen molar-refractivity contribution >= 4 is 5.95 Å². The Hall–Kier alpha value is -2.29. The lowest BCUT2D eigenvalue weighted by Crippen LogP contribution is -2.15. The summed E-state index contributed by atoms with van der Waals surface area (Å²) in [4.78, 5) is 16.0. The summed E-state index contributed by atoms with van der Waals surface area (Å²) >= 11 is 0. The van der Waals surface area contributed by atoms with Crippen LogP contribution in [0.5, 0.6) is 6.01 Å².